The first-order chi connectivity index (χ1) is 10.2. The Bertz CT molecular complexity index is 855. The van der Waals surface area contributed by atoms with Crippen LogP contribution in [-0.2, 0) is 10.0 Å². The maximum atomic E-state index is 12.3. The standard InChI is InChI=1S/C13H12N2O5S2/c1-7-2-3-8(13(17)18)4-10(7)15-22(19,20)9-5-11(12(14)16)21-6-9/h2-6,15H,1H3,(H2,14,16)(H,17,18). The lowest BCUT2D eigenvalue weighted by atomic mass is 10.1. The van der Waals surface area contributed by atoms with Crippen LogP contribution in [0.15, 0.2) is 34.5 Å². The van der Waals surface area contributed by atoms with Crippen LogP contribution in [0.5, 0.6) is 0 Å². The van der Waals surface area contributed by atoms with Crippen molar-refractivity contribution in [3.63, 3.8) is 0 Å². The number of carbonyl (C=O) groups is 2. The molecule has 1 aromatic heterocycles. The van der Waals surface area contributed by atoms with Crippen molar-refractivity contribution in [1.29, 1.82) is 0 Å². The first-order valence-corrected chi connectivity index (χ1v) is 8.32. The van der Waals surface area contributed by atoms with Gasteiger partial charge in [0.05, 0.1) is 21.0 Å². The van der Waals surface area contributed by atoms with Crippen LogP contribution >= 0.6 is 11.3 Å². The number of amides is 1. The molecule has 0 saturated heterocycles. The molecule has 0 fully saturated rings. The fourth-order valence-corrected chi connectivity index (χ4v) is 3.91. The Morgan fingerprint density at radius 2 is 1.95 bits per heavy atom. The van der Waals surface area contributed by atoms with E-state index in [1.165, 1.54) is 29.6 Å². The fourth-order valence-electron chi connectivity index (χ4n) is 1.66. The number of carbonyl (C=O) groups excluding carboxylic acids is 1. The Hall–Kier alpha value is -2.39. The van der Waals surface area contributed by atoms with Crippen molar-refractivity contribution < 1.29 is 23.1 Å². The summed E-state index contributed by atoms with van der Waals surface area (Å²) in [5.74, 6) is -1.87. The average molecular weight is 340 g/mol. The molecule has 0 aliphatic rings. The molecular weight excluding hydrogens is 328 g/mol. The van der Waals surface area contributed by atoms with Crippen LogP contribution in [0.2, 0.25) is 0 Å². The van der Waals surface area contributed by atoms with E-state index in [-0.39, 0.29) is 21.0 Å². The molecule has 7 nitrogen and oxygen atoms in total. The van der Waals surface area contributed by atoms with Gasteiger partial charge in [-0.05, 0) is 30.7 Å². The summed E-state index contributed by atoms with van der Waals surface area (Å²) in [6.45, 7) is 1.64. The number of hydrogen-bond donors (Lipinski definition) is 3. The Morgan fingerprint density at radius 1 is 1.27 bits per heavy atom. The van der Waals surface area contributed by atoms with Gasteiger partial charge < -0.3 is 10.8 Å². The summed E-state index contributed by atoms with van der Waals surface area (Å²) in [6.07, 6.45) is 0. The zero-order chi connectivity index (χ0) is 16.5. The number of hydrogen-bond acceptors (Lipinski definition) is 5. The molecule has 0 aliphatic carbocycles. The van der Waals surface area contributed by atoms with E-state index in [1.54, 1.807) is 6.92 Å². The Balaban J connectivity index is 2.37. The van der Waals surface area contributed by atoms with E-state index in [0.717, 1.165) is 11.3 Å². The van der Waals surface area contributed by atoms with Crippen molar-refractivity contribution in [2.24, 2.45) is 5.73 Å². The van der Waals surface area contributed by atoms with Gasteiger partial charge in [-0.15, -0.1) is 11.3 Å². The van der Waals surface area contributed by atoms with Gasteiger partial charge in [-0.1, -0.05) is 6.07 Å². The van der Waals surface area contributed by atoms with Crippen molar-refractivity contribution >= 4 is 38.9 Å². The second kappa shape index (κ2) is 5.78. The van der Waals surface area contributed by atoms with E-state index in [4.69, 9.17) is 10.8 Å². The Kier molecular flexibility index (Phi) is 4.20. The van der Waals surface area contributed by atoms with Crippen molar-refractivity contribution in [3.05, 3.63) is 45.6 Å². The molecule has 9 heteroatoms. The Labute approximate surface area is 130 Å². The lowest BCUT2D eigenvalue weighted by Gasteiger charge is -2.10. The van der Waals surface area contributed by atoms with E-state index in [2.05, 4.69) is 4.72 Å². The van der Waals surface area contributed by atoms with E-state index in [9.17, 15) is 18.0 Å². The van der Waals surface area contributed by atoms with Gasteiger partial charge >= 0.3 is 5.97 Å². The smallest absolute Gasteiger partial charge is 0.335 e. The number of rotatable bonds is 5. The summed E-state index contributed by atoms with van der Waals surface area (Å²) in [6, 6.07) is 5.29. The van der Waals surface area contributed by atoms with E-state index in [0.29, 0.717) is 5.56 Å². The number of benzene rings is 1. The van der Waals surface area contributed by atoms with Crippen LogP contribution in [0, 0.1) is 6.92 Å². The highest BCUT2D eigenvalue weighted by molar-refractivity contribution is 7.92. The van der Waals surface area contributed by atoms with Crippen LogP contribution in [0.1, 0.15) is 25.6 Å². The fraction of sp³-hybridized carbons (Fsp3) is 0.0769. The van der Waals surface area contributed by atoms with Gasteiger partial charge in [0.1, 0.15) is 0 Å². The maximum absolute atomic E-state index is 12.3. The maximum Gasteiger partial charge on any atom is 0.335 e. The molecule has 2 aromatic rings. The lowest BCUT2D eigenvalue weighted by molar-refractivity contribution is 0.0696. The van der Waals surface area contributed by atoms with Gasteiger partial charge in [0.25, 0.3) is 15.9 Å². The summed E-state index contributed by atoms with van der Waals surface area (Å²) in [7, 11) is -3.93. The SMILES string of the molecule is Cc1ccc(C(=O)O)cc1NS(=O)(=O)c1csc(C(N)=O)c1. The summed E-state index contributed by atoms with van der Waals surface area (Å²) in [5, 5.41) is 10.2. The van der Waals surface area contributed by atoms with Crippen LogP contribution in [0.3, 0.4) is 0 Å². The molecule has 0 spiro atoms. The average Bonchev–Trinajstić information content (AvgIpc) is 2.91. The van der Waals surface area contributed by atoms with E-state index in [1.807, 2.05) is 0 Å². The van der Waals surface area contributed by atoms with Gasteiger partial charge in [0, 0.05) is 5.38 Å². The van der Waals surface area contributed by atoms with Crippen molar-refractivity contribution in [2.75, 3.05) is 4.72 Å². The van der Waals surface area contributed by atoms with Crippen LogP contribution in [0.4, 0.5) is 5.69 Å². The molecule has 1 heterocycles. The molecule has 22 heavy (non-hydrogen) atoms. The third kappa shape index (κ3) is 3.26. The van der Waals surface area contributed by atoms with E-state index >= 15 is 0 Å². The number of anilines is 1. The van der Waals surface area contributed by atoms with Gasteiger partial charge in [-0.25, -0.2) is 13.2 Å². The molecule has 0 unspecified atom stereocenters. The van der Waals surface area contributed by atoms with Crippen LogP contribution in [0.25, 0.3) is 0 Å². The van der Waals surface area contributed by atoms with Gasteiger partial charge in [-0.3, -0.25) is 9.52 Å². The molecule has 1 amide bonds. The van der Waals surface area contributed by atoms with Crippen molar-refractivity contribution in [2.45, 2.75) is 11.8 Å². The number of carboxylic acids is 1. The van der Waals surface area contributed by atoms with Gasteiger partial charge in [-0.2, -0.15) is 0 Å². The topological polar surface area (TPSA) is 127 Å². The number of thiophene rings is 1. The molecule has 0 atom stereocenters. The predicted molar refractivity (Wildman–Crippen MR) is 81.8 cm³/mol. The molecular formula is C13H12N2O5S2. The molecule has 0 saturated carbocycles. The quantitative estimate of drug-likeness (QED) is 0.763. The number of nitrogens with two attached hydrogens (primary N) is 1. The highest BCUT2D eigenvalue weighted by Crippen LogP contribution is 2.24. The first kappa shape index (κ1) is 16.0. The number of nitrogens with one attached hydrogen (secondary N) is 1. The summed E-state index contributed by atoms with van der Waals surface area (Å²) in [5.41, 5.74) is 5.78. The van der Waals surface area contributed by atoms with Gasteiger partial charge in [0.2, 0.25) is 0 Å². The number of primary amides is 1. The molecule has 4 N–H and O–H groups in total. The molecule has 116 valence electrons. The number of aryl methyl sites for hydroxylation is 1. The van der Waals surface area contributed by atoms with Crippen LogP contribution in [-0.4, -0.2) is 25.4 Å². The number of sulfonamides is 1. The predicted octanol–water partition coefficient (Wildman–Crippen LogP) is 1.65. The first-order valence-electron chi connectivity index (χ1n) is 5.96. The zero-order valence-electron chi connectivity index (χ0n) is 11.4. The second-order valence-corrected chi connectivity index (χ2v) is 7.04. The molecule has 2 rings (SSSR count). The highest BCUT2D eigenvalue weighted by atomic mass is 32.2. The minimum absolute atomic E-state index is 0.0357. The van der Waals surface area contributed by atoms with Crippen molar-refractivity contribution in [1.82, 2.24) is 0 Å². The van der Waals surface area contributed by atoms with Crippen LogP contribution < -0.4 is 10.5 Å². The second-order valence-electron chi connectivity index (χ2n) is 4.45. The summed E-state index contributed by atoms with van der Waals surface area (Å²) in [4.78, 5) is 22.0. The highest BCUT2D eigenvalue weighted by Gasteiger charge is 2.19. The summed E-state index contributed by atoms with van der Waals surface area (Å²) < 4.78 is 26.8. The minimum atomic E-state index is -3.93. The number of carboxylic acid groups (broad SMARTS) is 1. The van der Waals surface area contributed by atoms with Gasteiger partial charge in [0.15, 0.2) is 0 Å². The monoisotopic (exact) mass is 340 g/mol. The van der Waals surface area contributed by atoms with E-state index < -0.39 is 21.9 Å². The zero-order valence-corrected chi connectivity index (χ0v) is 13.0. The largest absolute Gasteiger partial charge is 0.478 e. The minimum Gasteiger partial charge on any atom is -0.478 e. The normalized spacial score (nSPS) is 11.1. The summed E-state index contributed by atoms with van der Waals surface area (Å²) >= 11 is 0.920. The Morgan fingerprint density at radius 3 is 2.50 bits per heavy atom. The number of aromatic carboxylic acids is 1. The molecule has 0 bridgehead atoms. The third-order valence-corrected chi connectivity index (χ3v) is 5.30. The van der Waals surface area contributed by atoms with Crippen molar-refractivity contribution in [3.8, 4) is 0 Å². The molecule has 0 aliphatic heterocycles. The molecule has 1 aromatic carbocycles. The molecule has 0 radical (unpaired) electrons. The third-order valence-electron chi connectivity index (χ3n) is 2.86. The lowest BCUT2D eigenvalue weighted by Crippen LogP contribution is -2.14.